The van der Waals surface area contributed by atoms with E-state index in [0.717, 1.165) is 10.4 Å². The summed E-state index contributed by atoms with van der Waals surface area (Å²) in [6, 6.07) is 0. The van der Waals surface area contributed by atoms with Crippen molar-refractivity contribution in [2.45, 2.75) is 46.6 Å². The second-order valence-electron chi connectivity index (χ2n) is 7.48. The number of rotatable bonds is 6. The number of thiophene rings is 1. The molecular formula is C20H25NO5S. The van der Waals surface area contributed by atoms with Gasteiger partial charge in [-0.25, -0.2) is 4.79 Å². The van der Waals surface area contributed by atoms with E-state index >= 15 is 0 Å². The Morgan fingerprint density at radius 1 is 1.26 bits per heavy atom. The van der Waals surface area contributed by atoms with Gasteiger partial charge in [0.15, 0.2) is 0 Å². The van der Waals surface area contributed by atoms with Crippen molar-refractivity contribution in [3.63, 3.8) is 0 Å². The molecule has 1 amide bonds. The number of aliphatic carboxylic acids is 1. The molecule has 2 aliphatic carbocycles. The second-order valence-corrected chi connectivity index (χ2v) is 8.70. The number of carboxylic acid groups (broad SMARTS) is 1. The number of carbonyl (C=O) groups excluding carboxylic acids is 2. The molecule has 1 fully saturated rings. The molecule has 3 rings (SSSR count). The van der Waals surface area contributed by atoms with Crippen LogP contribution in [0.5, 0.6) is 0 Å². The minimum Gasteiger partial charge on any atom is -0.481 e. The lowest BCUT2D eigenvalue weighted by molar-refractivity contribution is -0.146. The summed E-state index contributed by atoms with van der Waals surface area (Å²) in [7, 11) is 0. The standard InChI is InChI=1S/C20H25NO5S/c1-5-13-10(4)27-18(16(13)20(25)26-9(2)3)21-17(22)14-11-6-7-12(8-11)15(14)19(23)24/h6-7,9,11-12,14-15H,5,8H2,1-4H3,(H,21,22)(H,23,24)/t11-,12-,14-,15-/m0/s1. The molecule has 0 spiro atoms. The SMILES string of the molecule is CCc1c(C)sc(NC(=O)[C@@H]2[C@@H](C(=O)O)[C@H]3C=C[C@H]2C3)c1C(=O)OC(C)C. The van der Waals surface area contributed by atoms with Gasteiger partial charge in [-0.15, -0.1) is 11.3 Å². The van der Waals surface area contributed by atoms with Crippen LogP contribution in [0.25, 0.3) is 0 Å². The Hall–Kier alpha value is -2.15. The fourth-order valence-electron chi connectivity index (χ4n) is 4.29. The third kappa shape index (κ3) is 3.52. The van der Waals surface area contributed by atoms with Crippen LogP contribution in [-0.4, -0.2) is 29.1 Å². The lowest BCUT2D eigenvalue weighted by atomic mass is 9.82. The topological polar surface area (TPSA) is 92.7 Å². The number of amides is 1. The van der Waals surface area contributed by atoms with Gasteiger partial charge < -0.3 is 15.2 Å². The molecule has 0 aliphatic heterocycles. The molecule has 1 heterocycles. The summed E-state index contributed by atoms with van der Waals surface area (Å²) in [6.45, 7) is 7.42. The maximum Gasteiger partial charge on any atom is 0.341 e. The Balaban J connectivity index is 1.89. The van der Waals surface area contributed by atoms with Gasteiger partial charge in [-0.3, -0.25) is 9.59 Å². The van der Waals surface area contributed by atoms with Crippen LogP contribution < -0.4 is 5.32 Å². The van der Waals surface area contributed by atoms with Gasteiger partial charge in [0.1, 0.15) is 5.00 Å². The predicted octanol–water partition coefficient (Wildman–Crippen LogP) is 3.65. The van der Waals surface area contributed by atoms with Crippen LogP contribution in [0.1, 0.15) is 48.0 Å². The van der Waals surface area contributed by atoms with E-state index in [1.807, 2.05) is 26.0 Å². The Morgan fingerprint density at radius 3 is 2.44 bits per heavy atom. The van der Waals surface area contributed by atoms with Crippen molar-refractivity contribution in [3.05, 3.63) is 28.2 Å². The van der Waals surface area contributed by atoms with Crippen LogP contribution in [0.15, 0.2) is 12.2 Å². The highest BCUT2D eigenvalue weighted by Gasteiger charge is 2.51. The number of ether oxygens (including phenoxy) is 1. The maximum absolute atomic E-state index is 13.0. The van der Waals surface area contributed by atoms with E-state index < -0.39 is 23.8 Å². The molecule has 0 radical (unpaired) electrons. The molecule has 2 aliphatic rings. The number of aryl methyl sites for hydroxylation is 1. The van der Waals surface area contributed by atoms with E-state index in [2.05, 4.69) is 5.32 Å². The van der Waals surface area contributed by atoms with Gasteiger partial charge in [-0.1, -0.05) is 19.1 Å². The number of hydrogen-bond donors (Lipinski definition) is 2. The summed E-state index contributed by atoms with van der Waals surface area (Å²) < 4.78 is 5.36. The summed E-state index contributed by atoms with van der Waals surface area (Å²) in [4.78, 5) is 38.2. The monoisotopic (exact) mass is 391 g/mol. The first-order valence-corrected chi connectivity index (χ1v) is 10.1. The minimum atomic E-state index is -0.942. The van der Waals surface area contributed by atoms with Crippen molar-refractivity contribution >= 4 is 34.2 Å². The molecule has 2 N–H and O–H groups in total. The van der Waals surface area contributed by atoms with E-state index in [1.165, 1.54) is 11.3 Å². The van der Waals surface area contributed by atoms with Crippen LogP contribution >= 0.6 is 11.3 Å². The van der Waals surface area contributed by atoms with Crippen molar-refractivity contribution in [2.75, 3.05) is 5.32 Å². The molecule has 1 aromatic heterocycles. The van der Waals surface area contributed by atoms with Crippen LogP contribution in [0.3, 0.4) is 0 Å². The molecule has 1 aromatic rings. The van der Waals surface area contributed by atoms with Gasteiger partial charge in [0.25, 0.3) is 0 Å². The fraction of sp³-hybridized carbons (Fsp3) is 0.550. The van der Waals surface area contributed by atoms with Crippen molar-refractivity contribution in [1.82, 2.24) is 0 Å². The molecule has 4 atom stereocenters. The van der Waals surface area contributed by atoms with E-state index in [0.29, 0.717) is 23.4 Å². The Bertz CT molecular complexity index is 810. The van der Waals surface area contributed by atoms with Gasteiger partial charge >= 0.3 is 11.9 Å². The van der Waals surface area contributed by atoms with Crippen molar-refractivity contribution in [1.29, 1.82) is 0 Å². The third-order valence-corrected chi connectivity index (χ3v) is 6.46. The summed E-state index contributed by atoms with van der Waals surface area (Å²) in [5.41, 5.74) is 1.26. The molecular weight excluding hydrogens is 366 g/mol. The first-order chi connectivity index (χ1) is 12.7. The van der Waals surface area contributed by atoms with Crippen molar-refractivity contribution < 1.29 is 24.2 Å². The summed E-state index contributed by atoms with van der Waals surface area (Å²) in [6.07, 6.45) is 4.93. The second kappa shape index (κ2) is 7.46. The quantitative estimate of drug-likeness (QED) is 0.570. The number of anilines is 1. The zero-order chi connectivity index (χ0) is 19.9. The lowest BCUT2D eigenvalue weighted by Crippen LogP contribution is -2.36. The van der Waals surface area contributed by atoms with Gasteiger partial charge in [-0.2, -0.15) is 0 Å². The molecule has 1 saturated carbocycles. The van der Waals surface area contributed by atoms with E-state index in [-0.39, 0.29) is 23.8 Å². The Morgan fingerprint density at radius 2 is 1.89 bits per heavy atom. The molecule has 2 bridgehead atoms. The van der Waals surface area contributed by atoms with E-state index in [9.17, 15) is 19.5 Å². The third-order valence-electron chi connectivity index (χ3n) is 5.39. The van der Waals surface area contributed by atoms with Gasteiger partial charge in [0, 0.05) is 4.88 Å². The van der Waals surface area contributed by atoms with Gasteiger partial charge in [0.2, 0.25) is 5.91 Å². The highest BCUT2D eigenvalue weighted by molar-refractivity contribution is 7.16. The maximum atomic E-state index is 13.0. The number of carboxylic acids is 1. The first-order valence-electron chi connectivity index (χ1n) is 9.29. The summed E-state index contributed by atoms with van der Waals surface area (Å²) >= 11 is 1.34. The number of carbonyl (C=O) groups is 3. The predicted molar refractivity (Wildman–Crippen MR) is 103 cm³/mol. The van der Waals surface area contributed by atoms with Gasteiger partial charge in [0.05, 0.1) is 23.5 Å². The zero-order valence-corrected chi connectivity index (χ0v) is 16.8. The van der Waals surface area contributed by atoms with Gasteiger partial charge in [-0.05, 0) is 51.0 Å². The fourth-order valence-corrected chi connectivity index (χ4v) is 5.43. The molecule has 27 heavy (non-hydrogen) atoms. The number of nitrogens with one attached hydrogen (secondary N) is 1. The molecule has 0 aromatic carbocycles. The smallest absolute Gasteiger partial charge is 0.341 e. The molecule has 7 heteroatoms. The zero-order valence-electron chi connectivity index (χ0n) is 15.9. The summed E-state index contributed by atoms with van der Waals surface area (Å²) in [5.74, 6) is -3.20. The summed E-state index contributed by atoms with van der Waals surface area (Å²) in [5, 5.41) is 12.9. The average Bonchev–Trinajstić information content (AvgIpc) is 3.25. The first kappa shape index (κ1) is 19.6. The Kier molecular flexibility index (Phi) is 5.42. The lowest BCUT2D eigenvalue weighted by Gasteiger charge is -2.23. The molecule has 0 unspecified atom stereocenters. The van der Waals surface area contributed by atoms with Crippen molar-refractivity contribution in [3.8, 4) is 0 Å². The van der Waals surface area contributed by atoms with Crippen LogP contribution in [0, 0.1) is 30.6 Å². The highest BCUT2D eigenvalue weighted by Crippen LogP contribution is 2.49. The number of fused-ring (bicyclic) bond motifs is 2. The number of allylic oxidation sites excluding steroid dienone is 2. The average molecular weight is 391 g/mol. The van der Waals surface area contributed by atoms with Crippen LogP contribution in [-0.2, 0) is 20.7 Å². The highest BCUT2D eigenvalue weighted by atomic mass is 32.1. The minimum absolute atomic E-state index is 0.0612. The van der Waals surface area contributed by atoms with Crippen LogP contribution in [0.2, 0.25) is 0 Å². The van der Waals surface area contributed by atoms with E-state index in [1.54, 1.807) is 13.8 Å². The van der Waals surface area contributed by atoms with Crippen LogP contribution in [0.4, 0.5) is 5.00 Å². The molecule has 146 valence electrons. The number of hydrogen-bond acceptors (Lipinski definition) is 5. The van der Waals surface area contributed by atoms with Crippen molar-refractivity contribution in [2.24, 2.45) is 23.7 Å². The largest absolute Gasteiger partial charge is 0.481 e. The molecule has 0 saturated heterocycles. The Labute approximate surface area is 162 Å². The number of esters is 1. The normalized spacial score (nSPS) is 25.8. The molecule has 6 nitrogen and oxygen atoms in total. The van der Waals surface area contributed by atoms with E-state index in [4.69, 9.17) is 4.74 Å².